The molecule has 1 amide bonds. The number of carbonyl (C=O) groups is 1. The van der Waals surface area contributed by atoms with Gasteiger partial charge < -0.3 is 19.8 Å². The molecule has 0 atom stereocenters. The molecule has 0 aliphatic rings. The summed E-state index contributed by atoms with van der Waals surface area (Å²) in [5.41, 5.74) is 2.13. The lowest BCUT2D eigenvalue weighted by atomic mass is 10.1. The van der Waals surface area contributed by atoms with Gasteiger partial charge in [0, 0.05) is 28.7 Å². The number of hydrogen-bond donors (Lipinski definition) is 2. The molecule has 0 unspecified atom stereocenters. The van der Waals surface area contributed by atoms with Gasteiger partial charge in [-0.15, -0.1) is 0 Å². The minimum Gasteiger partial charge on any atom is -0.497 e. The number of anilines is 1. The van der Waals surface area contributed by atoms with E-state index in [9.17, 15) is 4.79 Å². The second-order valence-corrected chi connectivity index (χ2v) is 4.76. The maximum Gasteiger partial charge on any atom is 0.256 e. The third-order valence-corrected chi connectivity index (χ3v) is 3.50. The van der Waals surface area contributed by atoms with Gasteiger partial charge >= 0.3 is 0 Å². The monoisotopic (exact) mass is 296 g/mol. The van der Waals surface area contributed by atoms with Crippen LogP contribution in [0.25, 0.3) is 10.9 Å². The Hall–Kier alpha value is -2.95. The zero-order valence-corrected chi connectivity index (χ0v) is 12.3. The molecule has 112 valence electrons. The Morgan fingerprint density at radius 1 is 1.09 bits per heavy atom. The Morgan fingerprint density at radius 3 is 2.73 bits per heavy atom. The van der Waals surface area contributed by atoms with E-state index >= 15 is 0 Å². The number of rotatable bonds is 4. The molecule has 5 nitrogen and oxygen atoms in total. The molecule has 2 N–H and O–H groups in total. The Bertz CT molecular complexity index is 824. The summed E-state index contributed by atoms with van der Waals surface area (Å²) in [7, 11) is 3.14. The van der Waals surface area contributed by atoms with E-state index in [4.69, 9.17) is 9.47 Å². The van der Waals surface area contributed by atoms with Crippen LogP contribution in [-0.2, 0) is 0 Å². The Balaban J connectivity index is 1.93. The number of H-pyrrole nitrogens is 1. The highest BCUT2D eigenvalue weighted by molar-refractivity contribution is 6.13. The number of aromatic nitrogens is 1. The van der Waals surface area contributed by atoms with Crippen molar-refractivity contribution in [3.8, 4) is 11.5 Å². The molecule has 0 bridgehead atoms. The summed E-state index contributed by atoms with van der Waals surface area (Å²) in [6.45, 7) is 0. The fraction of sp³-hybridized carbons (Fsp3) is 0.118. The third-order valence-electron chi connectivity index (χ3n) is 3.50. The van der Waals surface area contributed by atoms with Crippen LogP contribution in [0.2, 0.25) is 0 Å². The first-order valence-corrected chi connectivity index (χ1v) is 6.82. The molecule has 0 aliphatic carbocycles. The summed E-state index contributed by atoms with van der Waals surface area (Å²) >= 11 is 0. The molecule has 0 fully saturated rings. The number of ether oxygens (including phenoxy) is 2. The Labute approximate surface area is 127 Å². The van der Waals surface area contributed by atoms with Crippen molar-refractivity contribution in [1.29, 1.82) is 0 Å². The van der Waals surface area contributed by atoms with E-state index in [1.807, 2.05) is 24.4 Å². The van der Waals surface area contributed by atoms with Gasteiger partial charge in [0.15, 0.2) is 0 Å². The van der Waals surface area contributed by atoms with Crippen molar-refractivity contribution in [3.05, 3.63) is 54.2 Å². The first kappa shape index (κ1) is 14.0. The predicted molar refractivity (Wildman–Crippen MR) is 85.8 cm³/mol. The molecule has 3 aromatic rings. The van der Waals surface area contributed by atoms with Crippen LogP contribution in [-0.4, -0.2) is 25.1 Å². The first-order chi connectivity index (χ1) is 10.7. The van der Waals surface area contributed by atoms with Crippen LogP contribution in [0.4, 0.5) is 5.69 Å². The Morgan fingerprint density at radius 2 is 1.95 bits per heavy atom. The molecular formula is C17H16N2O3. The fourth-order valence-corrected chi connectivity index (χ4v) is 2.37. The van der Waals surface area contributed by atoms with Gasteiger partial charge in [0.25, 0.3) is 5.91 Å². The van der Waals surface area contributed by atoms with E-state index in [2.05, 4.69) is 10.3 Å². The van der Waals surface area contributed by atoms with E-state index in [1.165, 1.54) is 0 Å². The van der Waals surface area contributed by atoms with Crippen molar-refractivity contribution < 1.29 is 14.3 Å². The van der Waals surface area contributed by atoms with Crippen molar-refractivity contribution in [2.24, 2.45) is 0 Å². The van der Waals surface area contributed by atoms with E-state index in [0.717, 1.165) is 10.9 Å². The number of amides is 1. The highest BCUT2D eigenvalue weighted by Gasteiger charge is 2.13. The van der Waals surface area contributed by atoms with E-state index in [-0.39, 0.29) is 5.91 Å². The van der Waals surface area contributed by atoms with Crippen molar-refractivity contribution in [1.82, 2.24) is 4.98 Å². The quantitative estimate of drug-likeness (QED) is 0.775. The van der Waals surface area contributed by atoms with E-state index < -0.39 is 0 Å². The van der Waals surface area contributed by atoms with Crippen LogP contribution in [0.15, 0.2) is 48.7 Å². The maximum absolute atomic E-state index is 12.5. The number of methoxy groups -OCH3 is 2. The molecule has 1 heterocycles. The zero-order chi connectivity index (χ0) is 15.5. The summed E-state index contributed by atoms with van der Waals surface area (Å²) in [5, 5.41) is 3.76. The molecule has 22 heavy (non-hydrogen) atoms. The van der Waals surface area contributed by atoms with Gasteiger partial charge in [-0.2, -0.15) is 0 Å². The zero-order valence-electron chi connectivity index (χ0n) is 12.3. The lowest BCUT2D eigenvalue weighted by Crippen LogP contribution is -2.13. The largest absolute Gasteiger partial charge is 0.497 e. The van der Waals surface area contributed by atoms with Crippen molar-refractivity contribution in [2.45, 2.75) is 0 Å². The summed E-state index contributed by atoms with van der Waals surface area (Å²) < 4.78 is 10.4. The maximum atomic E-state index is 12.5. The smallest absolute Gasteiger partial charge is 0.256 e. The van der Waals surface area contributed by atoms with Crippen LogP contribution < -0.4 is 14.8 Å². The van der Waals surface area contributed by atoms with E-state index in [0.29, 0.717) is 22.7 Å². The molecule has 2 aromatic carbocycles. The molecular weight excluding hydrogens is 280 g/mol. The highest BCUT2D eigenvalue weighted by atomic mass is 16.5. The molecule has 5 heteroatoms. The van der Waals surface area contributed by atoms with Gasteiger partial charge in [-0.05, 0) is 30.3 Å². The second-order valence-electron chi connectivity index (χ2n) is 4.76. The molecule has 0 saturated heterocycles. The van der Waals surface area contributed by atoms with Gasteiger partial charge in [-0.1, -0.05) is 6.07 Å². The first-order valence-electron chi connectivity index (χ1n) is 6.82. The van der Waals surface area contributed by atoms with Gasteiger partial charge in [-0.25, -0.2) is 0 Å². The van der Waals surface area contributed by atoms with E-state index in [1.54, 1.807) is 38.5 Å². The van der Waals surface area contributed by atoms with Crippen LogP contribution >= 0.6 is 0 Å². The van der Waals surface area contributed by atoms with Crippen LogP contribution in [0.1, 0.15) is 10.4 Å². The number of fused-ring (bicyclic) bond motifs is 1. The number of benzene rings is 2. The SMILES string of the molecule is COc1ccc(NC(=O)c2cccc3[nH]ccc23)c(OC)c1. The van der Waals surface area contributed by atoms with Crippen LogP contribution in [0.3, 0.4) is 0 Å². The summed E-state index contributed by atoms with van der Waals surface area (Å²) in [5.74, 6) is 1.03. The normalized spacial score (nSPS) is 10.5. The molecule has 0 saturated carbocycles. The molecule has 0 aliphatic heterocycles. The summed E-state index contributed by atoms with van der Waals surface area (Å²) in [6, 6.07) is 12.7. The van der Waals surface area contributed by atoms with Gasteiger partial charge in [0.1, 0.15) is 11.5 Å². The molecule has 0 radical (unpaired) electrons. The highest BCUT2D eigenvalue weighted by Crippen LogP contribution is 2.30. The summed E-state index contributed by atoms with van der Waals surface area (Å²) in [6.07, 6.45) is 1.81. The molecule has 0 spiro atoms. The minimum atomic E-state index is -0.186. The van der Waals surface area contributed by atoms with Gasteiger partial charge in [0.05, 0.1) is 19.9 Å². The lowest BCUT2D eigenvalue weighted by Gasteiger charge is -2.12. The van der Waals surface area contributed by atoms with Crippen molar-refractivity contribution in [3.63, 3.8) is 0 Å². The van der Waals surface area contributed by atoms with Crippen molar-refractivity contribution in [2.75, 3.05) is 19.5 Å². The fourth-order valence-electron chi connectivity index (χ4n) is 2.37. The molecule has 1 aromatic heterocycles. The predicted octanol–water partition coefficient (Wildman–Crippen LogP) is 3.44. The van der Waals surface area contributed by atoms with Gasteiger partial charge in [-0.3, -0.25) is 4.79 Å². The standard InChI is InChI=1S/C17H16N2O3/c1-21-11-6-7-15(16(10-11)22-2)19-17(20)13-4-3-5-14-12(13)8-9-18-14/h3-10,18H,1-2H3,(H,19,20). The lowest BCUT2D eigenvalue weighted by molar-refractivity contribution is 0.102. The van der Waals surface area contributed by atoms with Crippen LogP contribution in [0.5, 0.6) is 11.5 Å². The topological polar surface area (TPSA) is 63.3 Å². The number of aromatic amines is 1. The average molecular weight is 296 g/mol. The number of carbonyl (C=O) groups excluding carboxylic acids is 1. The van der Waals surface area contributed by atoms with Crippen LogP contribution in [0, 0.1) is 0 Å². The average Bonchev–Trinajstić information content (AvgIpc) is 3.03. The third kappa shape index (κ3) is 2.48. The van der Waals surface area contributed by atoms with Gasteiger partial charge in [0.2, 0.25) is 0 Å². The van der Waals surface area contributed by atoms with Crippen molar-refractivity contribution >= 4 is 22.5 Å². The number of hydrogen-bond acceptors (Lipinski definition) is 3. The molecule has 3 rings (SSSR count). The summed E-state index contributed by atoms with van der Waals surface area (Å²) in [4.78, 5) is 15.6. The Kier molecular flexibility index (Phi) is 3.70. The second kappa shape index (κ2) is 5.81. The number of nitrogens with one attached hydrogen (secondary N) is 2. The minimum absolute atomic E-state index is 0.186.